The summed E-state index contributed by atoms with van der Waals surface area (Å²) in [6, 6.07) is 11.1. The average Bonchev–Trinajstić information content (AvgIpc) is 2.95. The van der Waals surface area contributed by atoms with E-state index in [1.165, 1.54) is 19.2 Å². The number of carbonyl (C=O) groups is 2. The van der Waals surface area contributed by atoms with E-state index >= 15 is 0 Å². The van der Waals surface area contributed by atoms with Gasteiger partial charge in [0.15, 0.2) is 17.3 Å². The van der Waals surface area contributed by atoms with Crippen molar-refractivity contribution in [1.29, 1.82) is 0 Å². The molecule has 206 valence electrons. The number of piperidine rings is 1. The molecule has 0 aliphatic carbocycles. The Labute approximate surface area is 225 Å². The molecule has 1 amide bonds. The maximum absolute atomic E-state index is 13.4. The van der Waals surface area contributed by atoms with E-state index in [2.05, 4.69) is 15.2 Å². The molecule has 1 aromatic heterocycles. The van der Waals surface area contributed by atoms with Crippen LogP contribution in [0.5, 0.6) is 11.5 Å². The minimum Gasteiger partial charge on any atom is -0.493 e. The highest BCUT2D eigenvalue weighted by Gasteiger charge is 2.29. The number of esters is 1. The van der Waals surface area contributed by atoms with Gasteiger partial charge < -0.3 is 24.1 Å². The van der Waals surface area contributed by atoms with Crippen LogP contribution < -0.4 is 15.0 Å². The summed E-state index contributed by atoms with van der Waals surface area (Å²) >= 11 is 0. The van der Waals surface area contributed by atoms with Gasteiger partial charge in [-0.15, -0.1) is 10.2 Å². The van der Waals surface area contributed by atoms with Crippen molar-refractivity contribution in [3.05, 3.63) is 69.9 Å². The molecule has 0 saturated carbocycles. The molecule has 0 bridgehead atoms. The number of H-pyrrole nitrogens is 1. The van der Waals surface area contributed by atoms with Crippen molar-refractivity contribution >= 4 is 11.9 Å². The number of methoxy groups -OCH3 is 1. The third-order valence-electron chi connectivity index (χ3n) is 6.45. The summed E-state index contributed by atoms with van der Waals surface area (Å²) in [5.74, 6) is -0.00668. The second-order valence-electron chi connectivity index (χ2n) is 9.16. The Hall–Kier alpha value is -4.28. The maximum atomic E-state index is 13.4. The molecule has 1 aliphatic rings. The predicted octanol–water partition coefficient (Wildman–Crippen LogP) is 3.29. The van der Waals surface area contributed by atoms with Gasteiger partial charge in [-0.3, -0.25) is 14.4 Å². The molecule has 1 fully saturated rings. The van der Waals surface area contributed by atoms with Gasteiger partial charge in [-0.1, -0.05) is 12.1 Å². The van der Waals surface area contributed by atoms with Crippen molar-refractivity contribution < 1.29 is 28.2 Å². The number of likely N-dealkylation sites (tertiary alicyclic amines) is 1. The predicted molar refractivity (Wildman–Crippen MR) is 140 cm³/mol. The van der Waals surface area contributed by atoms with E-state index in [4.69, 9.17) is 14.2 Å². The highest BCUT2D eigenvalue weighted by molar-refractivity contribution is 5.78. The number of aromatic amines is 1. The highest BCUT2D eigenvalue weighted by atomic mass is 19.1. The van der Waals surface area contributed by atoms with Crippen molar-refractivity contribution in [2.75, 3.05) is 26.8 Å². The molecular formula is C28H31FN4O6. The lowest BCUT2D eigenvalue weighted by Gasteiger charge is -2.31. The van der Waals surface area contributed by atoms with Gasteiger partial charge >= 0.3 is 5.97 Å². The van der Waals surface area contributed by atoms with Crippen molar-refractivity contribution in [3.8, 4) is 22.9 Å². The number of hydrogen-bond acceptors (Lipinski definition) is 8. The van der Waals surface area contributed by atoms with Crippen LogP contribution in [0.15, 0.2) is 47.3 Å². The molecule has 0 radical (unpaired) electrons. The zero-order valence-corrected chi connectivity index (χ0v) is 21.9. The Morgan fingerprint density at radius 1 is 1.15 bits per heavy atom. The summed E-state index contributed by atoms with van der Waals surface area (Å²) in [5.41, 5.74) is 0.925. The third-order valence-corrected chi connectivity index (χ3v) is 6.45. The molecule has 1 saturated heterocycles. The van der Waals surface area contributed by atoms with Crippen LogP contribution in [0.25, 0.3) is 11.4 Å². The summed E-state index contributed by atoms with van der Waals surface area (Å²) < 4.78 is 29.7. The van der Waals surface area contributed by atoms with Crippen molar-refractivity contribution in [1.82, 2.24) is 20.1 Å². The lowest BCUT2D eigenvalue weighted by molar-refractivity contribution is -0.151. The summed E-state index contributed by atoms with van der Waals surface area (Å²) in [5, 5.41) is 8.19. The Morgan fingerprint density at radius 3 is 2.74 bits per heavy atom. The molecule has 0 spiro atoms. The van der Waals surface area contributed by atoms with Crippen LogP contribution in [0.4, 0.5) is 4.39 Å². The number of nitrogens with one attached hydrogen (secondary N) is 1. The molecule has 2 aromatic carbocycles. The Bertz CT molecular complexity index is 1380. The van der Waals surface area contributed by atoms with E-state index in [-0.39, 0.29) is 54.6 Å². The zero-order valence-electron chi connectivity index (χ0n) is 21.9. The van der Waals surface area contributed by atoms with Gasteiger partial charge in [0.2, 0.25) is 5.91 Å². The van der Waals surface area contributed by atoms with E-state index in [0.29, 0.717) is 48.7 Å². The third kappa shape index (κ3) is 7.18. The van der Waals surface area contributed by atoms with Crippen LogP contribution >= 0.6 is 0 Å². The molecule has 11 heteroatoms. The summed E-state index contributed by atoms with van der Waals surface area (Å²) in [4.78, 5) is 41.8. The summed E-state index contributed by atoms with van der Waals surface area (Å²) in [7, 11) is 1.49. The van der Waals surface area contributed by atoms with Crippen LogP contribution in [-0.4, -0.2) is 58.8 Å². The number of halogens is 1. The number of nitrogens with zero attached hydrogens (tertiary/aromatic N) is 3. The first kappa shape index (κ1) is 27.7. The Morgan fingerprint density at radius 2 is 2.00 bits per heavy atom. The van der Waals surface area contributed by atoms with Crippen molar-refractivity contribution in [2.45, 2.75) is 39.2 Å². The van der Waals surface area contributed by atoms with Gasteiger partial charge in [-0.2, -0.15) is 0 Å². The molecule has 1 aliphatic heterocycles. The molecule has 39 heavy (non-hydrogen) atoms. The van der Waals surface area contributed by atoms with Crippen molar-refractivity contribution in [2.24, 2.45) is 5.92 Å². The van der Waals surface area contributed by atoms with Crippen LogP contribution in [-0.2, 0) is 27.4 Å². The maximum Gasteiger partial charge on any atom is 0.310 e. The van der Waals surface area contributed by atoms with Gasteiger partial charge in [0.1, 0.15) is 18.1 Å². The van der Waals surface area contributed by atoms with Gasteiger partial charge in [0.25, 0.3) is 5.56 Å². The largest absolute Gasteiger partial charge is 0.493 e. The number of benzene rings is 2. The molecule has 4 rings (SSSR count). The van der Waals surface area contributed by atoms with Gasteiger partial charge in [0, 0.05) is 31.5 Å². The van der Waals surface area contributed by atoms with Crippen LogP contribution in [0.1, 0.15) is 37.4 Å². The standard InChI is InChI=1S/C28H31FN4O6/c1-3-38-28(36)20-7-5-13-33(16-20)25(34)12-10-22-27(35)30-26(32-31-22)19-9-11-23(24(15-19)37-2)39-17-18-6-4-8-21(29)14-18/h4,6,8-9,11,14-15,20H,3,5,7,10,12-13,16-17H2,1-2H3,(H,30,32,35)/t20-/m0/s1. The lowest BCUT2D eigenvalue weighted by Crippen LogP contribution is -2.43. The number of aromatic nitrogens is 3. The Kier molecular flexibility index (Phi) is 9.24. The average molecular weight is 539 g/mol. The van der Waals surface area contributed by atoms with E-state index in [9.17, 15) is 18.8 Å². The molecular weight excluding hydrogens is 507 g/mol. The van der Waals surface area contributed by atoms with Crippen LogP contribution in [0, 0.1) is 11.7 Å². The number of aryl methyl sites for hydroxylation is 1. The first-order chi connectivity index (χ1) is 18.9. The van der Waals surface area contributed by atoms with Crippen molar-refractivity contribution in [3.63, 3.8) is 0 Å². The van der Waals surface area contributed by atoms with Gasteiger partial charge in [-0.25, -0.2) is 4.39 Å². The van der Waals surface area contributed by atoms with E-state index in [1.807, 2.05) is 0 Å². The summed E-state index contributed by atoms with van der Waals surface area (Å²) in [6.45, 7) is 3.10. The molecule has 1 atom stereocenters. The smallest absolute Gasteiger partial charge is 0.310 e. The van der Waals surface area contributed by atoms with Gasteiger partial charge in [-0.05, 0) is 55.7 Å². The van der Waals surface area contributed by atoms with Crippen LogP contribution in [0.3, 0.4) is 0 Å². The monoisotopic (exact) mass is 538 g/mol. The second-order valence-corrected chi connectivity index (χ2v) is 9.16. The fraction of sp³-hybridized carbons (Fsp3) is 0.393. The SMILES string of the molecule is CCOC(=O)[C@H]1CCCN(C(=O)CCc2nnc(-c3ccc(OCc4cccc(F)c4)c(OC)c3)[nH]c2=O)C1. The molecule has 2 heterocycles. The topological polar surface area (TPSA) is 124 Å². The zero-order chi connectivity index (χ0) is 27.8. The fourth-order valence-corrected chi connectivity index (χ4v) is 4.42. The van der Waals surface area contributed by atoms with E-state index in [1.54, 1.807) is 42.2 Å². The molecule has 0 unspecified atom stereocenters. The van der Waals surface area contributed by atoms with Crippen LogP contribution in [0.2, 0.25) is 0 Å². The highest BCUT2D eigenvalue weighted by Crippen LogP contribution is 2.31. The number of ether oxygens (including phenoxy) is 3. The quantitative estimate of drug-likeness (QED) is 0.390. The first-order valence-electron chi connectivity index (χ1n) is 12.8. The molecule has 10 nitrogen and oxygen atoms in total. The normalized spacial score (nSPS) is 15.1. The first-order valence-corrected chi connectivity index (χ1v) is 12.8. The number of rotatable bonds is 10. The number of carbonyl (C=O) groups excluding carboxylic acids is 2. The molecule has 3 aromatic rings. The molecule has 1 N–H and O–H groups in total. The second kappa shape index (κ2) is 13.0. The Balaban J connectivity index is 1.37. The fourth-order valence-electron chi connectivity index (χ4n) is 4.42. The van der Waals surface area contributed by atoms with E-state index < -0.39 is 5.56 Å². The minimum atomic E-state index is -0.443. The summed E-state index contributed by atoms with van der Waals surface area (Å²) in [6.07, 6.45) is 1.62. The minimum absolute atomic E-state index is 0.0812. The van der Waals surface area contributed by atoms with Gasteiger partial charge in [0.05, 0.1) is 19.6 Å². The number of hydrogen-bond donors (Lipinski definition) is 1. The number of amides is 1. The van der Waals surface area contributed by atoms with E-state index in [0.717, 1.165) is 6.42 Å². The lowest BCUT2D eigenvalue weighted by atomic mass is 9.98.